The number of morpholine rings is 1. The van der Waals surface area contributed by atoms with Crippen molar-refractivity contribution < 1.29 is 28.8 Å². The molecule has 0 radical (unpaired) electrons. The largest absolute Gasteiger partial charge is 0.497 e. The van der Waals surface area contributed by atoms with Crippen molar-refractivity contribution in [3.05, 3.63) is 24.3 Å². The van der Waals surface area contributed by atoms with Crippen molar-refractivity contribution >= 4 is 11.7 Å². The number of hydrogen-bond donors (Lipinski definition) is 3. The Hall–Kier alpha value is -1.91. The van der Waals surface area contributed by atoms with Crippen LogP contribution in [0, 0.1) is 0 Å². The predicted octanol–water partition coefficient (Wildman–Crippen LogP) is 0.00210. The molecule has 3 N–H and O–H groups in total. The summed E-state index contributed by atoms with van der Waals surface area (Å²) in [6.45, 7) is 2.95. The van der Waals surface area contributed by atoms with Gasteiger partial charge in [-0.25, -0.2) is 4.79 Å². The fourth-order valence-electron chi connectivity index (χ4n) is 3.84. The van der Waals surface area contributed by atoms with Crippen LogP contribution >= 0.6 is 0 Å². The molecule has 9 nitrogen and oxygen atoms in total. The zero-order valence-corrected chi connectivity index (χ0v) is 15.2. The average Bonchev–Trinajstić information content (AvgIpc) is 3.12. The number of carbonyl (C=O) groups is 1. The second kappa shape index (κ2) is 7.99. The van der Waals surface area contributed by atoms with Crippen molar-refractivity contribution in [2.24, 2.45) is 0 Å². The molecule has 148 valence electrons. The molecule has 3 saturated heterocycles. The molecule has 2 bridgehead atoms. The summed E-state index contributed by atoms with van der Waals surface area (Å²) in [5.74, 6) is 0.708. The van der Waals surface area contributed by atoms with Crippen LogP contribution < -0.4 is 15.4 Å². The Morgan fingerprint density at radius 2 is 2.00 bits per heavy atom. The fraction of sp³-hybridized carbons (Fsp3) is 0.611. The minimum absolute atomic E-state index is 0.334. The highest BCUT2D eigenvalue weighted by molar-refractivity contribution is 5.89. The van der Waals surface area contributed by atoms with Gasteiger partial charge in [-0.3, -0.25) is 4.90 Å². The van der Waals surface area contributed by atoms with E-state index in [-0.39, 0.29) is 12.1 Å². The van der Waals surface area contributed by atoms with Crippen LogP contribution in [0.25, 0.3) is 0 Å². The lowest BCUT2D eigenvalue weighted by Crippen LogP contribution is -2.66. The van der Waals surface area contributed by atoms with Gasteiger partial charge in [-0.05, 0) is 24.3 Å². The van der Waals surface area contributed by atoms with Crippen LogP contribution in [-0.4, -0.2) is 86.6 Å². The van der Waals surface area contributed by atoms with Gasteiger partial charge >= 0.3 is 6.03 Å². The summed E-state index contributed by atoms with van der Waals surface area (Å²) in [5.41, 5.74) is 0.629. The summed E-state index contributed by atoms with van der Waals surface area (Å²) >= 11 is 0. The Balaban J connectivity index is 1.41. The van der Waals surface area contributed by atoms with Gasteiger partial charge in [0.2, 0.25) is 0 Å². The number of methoxy groups -OCH3 is 1. The minimum atomic E-state index is -0.795. The number of hydrogen-bond acceptors (Lipinski definition) is 7. The normalized spacial score (nSPS) is 33.5. The molecule has 4 rings (SSSR count). The SMILES string of the molecule is COc1ccc(NC(=O)N[C@@H]2[C@H](O)[C@@H](N3CCOCC3)[C@@H]3OC[C@@H]2O3)cc1. The summed E-state index contributed by atoms with van der Waals surface area (Å²) in [5, 5.41) is 16.6. The molecule has 3 heterocycles. The van der Waals surface area contributed by atoms with Crippen molar-refractivity contribution in [3.8, 4) is 5.75 Å². The predicted molar refractivity (Wildman–Crippen MR) is 95.7 cm³/mol. The topological polar surface area (TPSA) is 102 Å². The van der Waals surface area contributed by atoms with Crippen LogP contribution in [0.15, 0.2) is 24.3 Å². The number of rotatable bonds is 4. The molecule has 0 unspecified atom stereocenters. The Labute approximate surface area is 157 Å². The monoisotopic (exact) mass is 379 g/mol. The number of amides is 2. The number of aliphatic hydroxyl groups excluding tert-OH is 1. The summed E-state index contributed by atoms with van der Waals surface area (Å²) in [6, 6.07) is 5.72. The Kier molecular flexibility index (Phi) is 5.46. The van der Waals surface area contributed by atoms with Crippen LogP contribution in [0.1, 0.15) is 0 Å². The van der Waals surface area contributed by atoms with Crippen LogP contribution in [0.3, 0.4) is 0 Å². The number of anilines is 1. The molecular formula is C18H25N3O6. The van der Waals surface area contributed by atoms with Gasteiger partial charge in [0.15, 0.2) is 6.29 Å². The molecule has 2 amide bonds. The highest BCUT2D eigenvalue weighted by Crippen LogP contribution is 2.31. The highest BCUT2D eigenvalue weighted by atomic mass is 16.7. The lowest BCUT2D eigenvalue weighted by molar-refractivity contribution is -0.189. The molecule has 0 aliphatic carbocycles. The third kappa shape index (κ3) is 3.87. The molecule has 3 aliphatic rings. The van der Waals surface area contributed by atoms with E-state index < -0.39 is 24.5 Å². The first-order valence-electron chi connectivity index (χ1n) is 9.14. The van der Waals surface area contributed by atoms with Crippen LogP contribution in [0.5, 0.6) is 5.75 Å². The second-order valence-corrected chi connectivity index (χ2v) is 6.86. The zero-order chi connectivity index (χ0) is 18.8. The Morgan fingerprint density at radius 1 is 1.26 bits per heavy atom. The van der Waals surface area contributed by atoms with Gasteiger partial charge in [-0.15, -0.1) is 0 Å². The van der Waals surface area contributed by atoms with E-state index in [0.717, 1.165) is 0 Å². The van der Waals surface area contributed by atoms with E-state index in [2.05, 4.69) is 15.5 Å². The average molecular weight is 379 g/mol. The molecule has 1 aromatic carbocycles. The van der Waals surface area contributed by atoms with Gasteiger partial charge in [0.1, 0.15) is 11.9 Å². The van der Waals surface area contributed by atoms with Gasteiger partial charge in [0.25, 0.3) is 0 Å². The standard InChI is InChI=1S/C18H25N3O6/c1-24-12-4-2-11(3-5-12)19-18(23)20-14-13-10-26-17(27-13)15(16(14)22)21-6-8-25-9-7-21/h2-5,13-17,22H,6-10H2,1H3,(H2,19,20,23)/t13-,14-,15+,16-,17+/m0/s1. The first-order valence-corrected chi connectivity index (χ1v) is 9.14. The smallest absolute Gasteiger partial charge is 0.319 e. The van der Waals surface area contributed by atoms with Gasteiger partial charge in [-0.2, -0.15) is 0 Å². The van der Waals surface area contributed by atoms with Crippen molar-refractivity contribution in [1.82, 2.24) is 10.2 Å². The van der Waals surface area contributed by atoms with Crippen molar-refractivity contribution in [3.63, 3.8) is 0 Å². The second-order valence-electron chi connectivity index (χ2n) is 6.86. The minimum Gasteiger partial charge on any atom is -0.497 e. The van der Waals surface area contributed by atoms with E-state index >= 15 is 0 Å². The maximum Gasteiger partial charge on any atom is 0.319 e. The molecule has 3 aliphatic heterocycles. The molecule has 3 fully saturated rings. The molecular weight excluding hydrogens is 354 g/mol. The fourth-order valence-corrected chi connectivity index (χ4v) is 3.84. The van der Waals surface area contributed by atoms with E-state index in [1.54, 1.807) is 31.4 Å². The van der Waals surface area contributed by atoms with Crippen LogP contribution in [0.4, 0.5) is 10.5 Å². The highest BCUT2D eigenvalue weighted by Gasteiger charge is 2.52. The maximum absolute atomic E-state index is 12.4. The van der Waals surface area contributed by atoms with Crippen molar-refractivity contribution in [1.29, 1.82) is 0 Å². The molecule has 9 heteroatoms. The van der Waals surface area contributed by atoms with E-state index in [0.29, 0.717) is 44.3 Å². The first kappa shape index (κ1) is 18.5. The first-order chi connectivity index (χ1) is 13.2. The summed E-state index contributed by atoms with van der Waals surface area (Å²) in [4.78, 5) is 14.6. The maximum atomic E-state index is 12.4. The Morgan fingerprint density at radius 3 is 2.70 bits per heavy atom. The van der Waals surface area contributed by atoms with Gasteiger partial charge in [-0.1, -0.05) is 0 Å². The summed E-state index contributed by atoms with van der Waals surface area (Å²) in [7, 11) is 1.58. The van der Waals surface area contributed by atoms with Crippen molar-refractivity contribution in [2.75, 3.05) is 45.3 Å². The lowest BCUT2D eigenvalue weighted by Gasteiger charge is -2.44. The number of benzene rings is 1. The molecule has 27 heavy (non-hydrogen) atoms. The van der Waals surface area contributed by atoms with Gasteiger partial charge in [0, 0.05) is 18.8 Å². The number of carbonyl (C=O) groups excluding carboxylic acids is 1. The number of nitrogens with one attached hydrogen (secondary N) is 2. The molecule has 0 saturated carbocycles. The number of aliphatic hydroxyl groups is 1. The number of fused-ring (bicyclic) bond motifs is 2. The van der Waals surface area contributed by atoms with Gasteiger partial charge < -0.3 is 34.7 Å². The third-order valence-electron chi connectivity index (χ3n) is 5.24. The molecule has 1 aromatic rings. The summed E-state index contributed by atoms with van der Waals surface area (Å²) < 4.78 is 22.1. The van der Waals surface area contributed by atoms with E-state index in [4.69, 9.17) is 18.9 Å². The number of nitrogens with zero attached hydrogens (tertiary/aromatic N) is 1. The van der Waals surface area contributed by atoms with Crippen LogP contribution in [-0.2, 0) is 14.2 Å². The van der Waals surface area contributed by atoms with Gasteiger partial charge in [0.05, 0.1) is 45.1 Å². The van der Waals surface area contributed by atoms with E-state index in [1.807, 2.05) is 0 Å². The molecule has 5 atom stereocenters. The molecule has 0 aromatic heterocycles. The quantitative estimate of drug-likeness (QED) is 0.677. The number of ether oxygens (including phenoxy) is 4. The van der Waals surface area contributed by atoms with Crippen LogP contribution in [0.2, 0.25) is 0 Å². The third-order valence-corrected chi connectivity index (χ3v) is 5.24. The summed E-state index contributed by atoms with van der Waals surface area (Å²) in [6.07, 6.45) is -1.65. The zero-order valence-electron chi connectivity index (χ0n) is 15.2. The van der Waals surface area contributed by atoms with E-state index in [1.165, 1.54) is 0 Å². The van der Waals surface area contributed by atoms with E-state index in [9.17, 15) is 9.90 Å². The molecule has 0 spiro atoms. The number of urea groups is 1. The Bertz CT molecular complexity index is 651. The lowest BCUT2D eigenvalue weighted by atomic mass is 9.94. The van der Waals surface area contributed by atoms with Crippen molar-refractivity contribution in [2.45, 2.75) is 30.6 Å².